The van der Waals surface area contributed by atoms with Crippen LogP contribution in [0.15, 0.2) is 30.1 Å². The quantitative estimate of drug-likeness (QED) is 0.813. The van der Waals surface area contributed by atoms with Crippen LogP contribution in [0.3, 0.4) is 0 Å². The molecule has 1 saturated heterocycles. The van der Waals surface area contributed by atoms with E-state index in [4.69, 9.17) is 10.00 Å². The Kier molecular flexibility index (Phi) is 6.25. The summed E-state index contributed by atoms with van der Waals surface area (Å²) >= 11 is 0. The Bertz CT molecular complexity index is 905. The highest BCUT2D eigenvalue weighted by Crippen LogP contribution is 2.26. The number of likely N-dealkylation sites (tertiary alicyclic amines) is 1. The van der Waals surface area contributed by atoms with Crippen molar-refractivity contribution in [3.63, 3.8) is 0 Å². The molecule has 0 saturated carbocycles. The summed E-state index contributed by atoms with van der Waals surface area (Å²) in [6.45, 7) is 9.13. The molecule has 1 aromatic rings. The van der Waals surface area contributed by atoms with E-state index in [1.165, 1.54) is 6.33 Å². The average Bonchev–Trinajstić information content (AvgIpc) is 3.35. The molecule has 3 atom stereocenters. The fourth-order valence-electron chi connectivity index (χ4n) is 3.48. The van der Waals surface area contributed by atoms with Crippen LogP contribution in [0, 0.1) is 23.2 Å². The highest BCUT2D eigenvalue weighted by Gasteiger charge is 2.30. The Hall–Kier alpha value is -3.15. The van der Waals surface area contributed by atoms with E-state index in [1.54, 1.807) is 15.7 Å². The monoisotopic (exact) mass is 412 g/mol. The zero-order valence-corrected chi connectivity index (χ0v) is 17.8. The lowest BCUT2D eigenvalue weighted by molar-refractivity contribution is 0.0288. The maximum Gasteiger partial charge on any atom is 0.410 e. The molecule has 1 aliphatic heterocycles. The molecule has 1 N–H and O–H groups in total. The number of hydrogen-bond acceptors (Lipinski definition) is 6. The number of nitrogens with one attached hydrogen (secondary N) is 1. The maximum atomic E-state index is 12.5. The fourth-order valence-corrected chi connectivity index (χ4v) is 3.48. The van der Waals surface area contributed by atoms with E-state index in [-0.39, 0.29) is 35.7 Å². The van der Waals surface area contributed by atoms with Gasteiger partial charge in [0, 0.05) is 31.1 Å². The summed E-state index contributed by atoms with van der Waals surface area (Å²) < 4.78 is 7.01. The standard InChI is InChI=1S/C21H28N6O3/c1-14-5-6-15(10-22)9-17(14)27-13-24-18(25-27)19(28)23-11-16-7-8-26(12-16)20(29)30-21(2,3)4/h5-6,9,13-14,16-17H,7-8,11-12H2,1-4H3,(H,23,28)/t14?,16-,17?/m1/s1. The van der Waals surface area contributed by atoms with Gasteiger partial charge in [0.05, 0.1) is 12.1 Å². The largest absolute Gasteiger partial charge is 0.444 e. The number of hydrogen-bond donors (Lipinski definition) is 1. The van der Waals surface area contributed by atoms with Crippen molar-refractivity contribution in [2.24, 2.45) is 11.8 Å². The number of allylic oxidation sites excluding steroid dienone is 4. The first kappa shape index (κ1) is 21.6. The van der Waals surface area contributed by atoms with Crippen molar-refractivity contribution in [2.45, 2.75) is 45.8 Å². The molecule has 9 nitrogen and oxygen atoms in total. The molecule has 30 heavy (non-hydrogen) atoms. The minimum absolute atomic E-state index is 0.0886. The van der Waals surface area contributed by atoms with Crippen LogP contribution < -0.4 is 5.32 Å². The van der Waals surface area contributed by atoms with Gasteiger partial charge in [-0.05, 0) is 45.3 Å². The van der Waals surface area contributed by atoms with Crippen LogP contribution in [0.25, 0.3) is 0 Å². The van der Waals surface area contributed by atoms with Crippen LogP contribution in [0.2, 0.25) is 0 Å². The number of carbonyl (C=O) groups is 2. The first-order chi connectivity index (χ1) is 14.2. The zero-order chi connectivity index (χ0) is 21.9. The highest BCUT2D eigenvalue weighted by atomic mass is 16.6. The molecule has 1 aliphatic carbocycles. The number of rotatable bonds is 4. The first-order valence-electron chi connectivity index (χ1n) is 10.1. The van der Waals surface area contributed by atoms with Gasteiger partial charge in [-0.3, -0.25) is 4.79 Å². The van der Waals surface area contributed by atoms with Gasteiger partial charge in [-0.15, -0.1) is 5.10 Å². The molecule has 0 bridgehead atoms. The molecule has 1 fully saturated rings. The second kappa shape index (κ2) is 8.69. The lowest BCUT2D eigenvalue weighted by Gasteiger charge is -2.24. The van der Waals surface area contributed by atoms with E-state index < -0.39 is 5.60 Å². The van der Waals surface area contributed by atoms with Gasteiger partial charge in [0.1, 0.15) is 11.9 Å². The van der Waals surface area contributed by atoms with E-state index in [2.05, 4.69) is 21.5 Å². The van der Waals surface area contributed by atoms with E-state index in [0.717, 1.165) is 6.42 Å². The number of nitriles is 1. The van der Waals surface area contributed by atoms with E-state index in [1.807, 2.05) is 39.8 Å². The molecular weight excluding hydrogens is 384 g/mol. The molecule has 2 amide bonds. The predicted molar refractivity (Wildman–Crippen MR) is 109 cm³/mol. The fraction of sp³-hybridized carbons (Fsp3) is 0.571. The summed E-state index contributed by atoms with van der Waals surface area (Å²) in [5.41, 5.74) is 0.0401. The zero-order valence-electron chi connectivity index (χ0n) is 17.8. The van der Waals surface area contributed by atoms with Crippen LogP contribution in [0.4, 0.5) is 4.79 Å². The second-order valence-electron chi connectivity index (χ2n) is 8.78. The Labute approximate surface area is 176 Å². The number of aromatic nitrogens is 3. The van der Waals surface area contributed by atoms with Crippen molar-refractivity contribution in [1.82, 2.24) is 25.0 Å². The smallest absolute Gasteiger partial charge is 0.410 e. The van der Waals surface area contributed by atoms with Crippen molar-refractivity contribution in [3.8, 4) is 6.07 Å². The number of nitrogens with zero attached hydrogens (tertiary/aromatic N) is 5. The molecule has 9 heteroatoms. The van der Waals surface area contributed by atoms with Gasteiger partial charge in [-0.25, -0.2) is 14.5 Å². The van der Waals surface area contributed by atoms with E-state index in [9.17, 15) is 9.59 Å². The minimum atomic E-state index is -0.525. The topological polar surface area (TPSA) is 113 Å². The third-order valence-electron chi connectivity index (χ3n) is 5.10. The van der Waals surface area contributed by atoms with Crippen LogP contribution in [0.1, 0.15) is 50.8 Å². The third-order valence-corrected chi connectivity index (χ3v) is 5.10. The average molecular weight is 412 g/mol. The highest BCUT2D eigenvalue weighted by molar-refractivity contribution is 5.90. The van der Waals surface area contributed by atoms with Gasteiger partial charge < -0.3 is 15.0 Å². The van der Waals surface area contributed by atoms with Crippen molar-refractivity contribution < 1.29 is 14.3 Å². The Balaban J connectivity index is 1.52. The number of amides is 2. The van der Waals surface area contributed by atoms with Crippen LogP contribution >= 0.6 is 0 Å². The Morgan fingerprint density at radius 2 is 2.17 bits per heavy atom. The van der Waals surface area contributed by atoms with Crippen molar-refractivity contribution in [2.75, 3.05) is 19.6 Å². The molecule has 3 rings (SSSR count). The predicted octanol–water partition coefficient (Wildman–Crippen LogP) is 2.46. The first-order valence-corrected chi connectivity index (χ1v) is 10.1. The minimum Gasteiger partial charge on any atom is -0.444 e. The van der Waals surface area contributed by atoms with Gasteiger partial charge in [0.15, 0.2) is 0 Å². The molecule has 0 spiro atoms. The Morgan fingerprint density at radius 3 is 2.87 bits per heavy atom. The summed E-state index contributed by atoms with van der Waals surface area (Å²) in [5, 5.41) is 16.3. The molecule has 160 valence electrons. The molecule has 1 aromatic heterocycles. The van der Waals surface area contributed by atoms with Crippen LogP contribution in [-0.4, -0.2) is 56.9 Å². The van der Waals surface area contributed by atoms with E-state index in [0.29, 0.717) is 25.2 Å². The second-order valence-corrected chi connectivity index (χ2v) is 8.78. The molecule has 2 aliphatic rings. The molecule has 0 radical (unpaired) electrons. The maximum absolute atomic E-state index is 12.5. The van der Waals surface area contributed by atoms with Crippen molar-refractivity contribution >= 4 is 12.0 Å². The third kappa shape index (κ3) is 5.26. The molecule has 2 heterocycles. The number of ether oxygens (including phenoxy) is 1. The van der Waals surface area contributed by atoms with Gasteiger partial charge in [-0.1, -0.05) is 13.0 Å². The Morgan fingerprint density at radius 1 is 1.40 bits per heavy atom. The van der Waals surface area contributed by atoms with E-state index >= 15 is 0 Å². The summed E-state index contributed by atoms with van der Waals surface area (Å²) in [6.07, 6.45) is 7.55. The van der Waals surface area contributed by atoms with Gasteiger partial charge >= 0.3 is 6.09 Å². The summed E-state index contributed by atoms with van der Waals surface area (Å²) in [6, 6.07) is 1.97. The lowest BCUT2D eigenvalue weighted by atomic mass is 9.94. The van der Waals surface area contributed by atoms with Crippen molar-refractivity contribution in [1.29, 1.82) is 5.26 Å². The summed E-state index contributed by atoms with van der Waals surface area (Å²) in [4.78, 5) is 30.4. The molecule has 0 aromatic carbocycles. The van der Waals surface area contributed by atoms with Gasteiger partial charge in [0.2, 0.25) is 5.82 Å². The SMILES string of the molecule is CC1C=CC(C#N)=CC1n1cnc(C(=O)NC[C@H]2CCN(C(=O)OC(C)(C)C)C2)n1. The van der Waals surface area contributed by atoms with Crippen LogP contribution in [-0.2, 0) is 4.74 Å². The summed E-state index contributed by atoms with van der Waals surface area (Å²) in [7, 11) is 0. The molecule has 2 unspecified atom stereocenters. The van der Waals surface area contributed by atoms with Crippen LogP contribution in [0.5, 0.6) is 0 Å². The van der Waals surface area contributed by atoms with Crippen molar-refractivity contribution in [3.05, 3.63) is 36.0 Å². The summed E-state index contributed by atoms with van der Waals surface area (Å²) in [5.74, 6) is 0.0313. The van der Waals surface area contributed by atoms with Gasteiger partial charge in [-0.2, -0.15) is 5.26 Å². The molecular formula is C21H28N6O3. The lowest BCUT2D eigenvalue weighted by Crippen LogP contribution is -2.36. The number of carbonyl (C=O) groups excluding carboxylic acids is 2. The normalized spacial score (nSPS) is 23.6. The van der Waals surface area contributed by atoms with Gasteiger partial charge in [0.25, 0.3) is 5.91 Å².